The van der Waals surface area contributed by atoms with Gasteiger partial charge in [-0.2, -0.15) is 0 Å². The summed E-state index contributed by atoms with van der Waals surface area (Å²) >= 11 is 0. The van der Waals surface area contributed by atoms with Crippen LogP contribution in [0.3, 0.4) is 0 Å². The van der Waals surface area contributed by atoms with Gasteiger partial charge in [0.1, 0.15) is 6.10 Å². The van der Waals surface area contributed by atoms with E-state index in [1.54, 1.807) is 37.6 Å². The highest BCUT2D eigenvalue weighted by Gasteiger charge is 2.46. The molecule has 3 atom stereocenters. The van der Waals surface area contributed by atoms with E-state index in [0.717, 1.165) is 43.2 Å². The van der Waals surface area contributed by atoms with Crippen molar-refractivity contribution in [2.45, 2.75) is 69.9 Å². The monoisotopic (exact) mass is 559 g/mol. The molecule has 0 radical (unpaired) electrons. The van der Waals surface area contributed by atoms with E-state index in [1.807, 2.05) is 10.6 Å². The maximum Gasteiger partial charge on any atom is 0.352 e. The van der Waals surface area contributed by atoms with Crippen molar-refractivity contribution in [3.05, 3.63) is 63.1 Å². The average molecular weight is 560 g/mol. The number of imidazole rings is 1. The smallest absolute Gasteiger partial charge is 0.352 e. The fraction of sp³-hybridized carbons (Fsp3) is 0.519. The highest BCUT2D eigenvalue weighted by atomic mass is 35.5. The number of rotatable bonds is 8. The molecule has 0 amide bonds. The van der Waals surface area contributed by atoms with Gasteiger partial charge in [0.2, 0.25) is 6.10 Å². The van der Waals surface area contributed by atoms with Gasteiger partial charge in [0, 0.05) is 65.2 Å². The number of ether oxygens (including phenoxy) is 2. The normalized spacial score (nSPS) is 22.7. The quantitative estimate of drug-likeness (QED) is 0.297. The molecule has 3 aromatic rings. The first-order valence-electron chi connectivity index (χ1n) is 13.1. The number of piperidine rings is 1. The van der Waals surface area contributed by atoms with Gasteiger partial charge in [-0.3, -0.25) is 18.7 Å². The maximum atomic E-state index is 13.0. The molecule has 2 fully saturated rings. The van der Waals surface area contributed by atoms with Crippen molar-refractivity contribution < 1.29 is 36.4 Å². The van der Waals surface area contributed by atoms with Crippen LogP contribution in [-0.2, 0) is 39.7 Å². The van der Waals surface area contributed by atoms with Crippen LogP contribution in [0.25, 0.3) is 11.2 Å². The molecule has 1 N–H and O–H groups in total. The Morgan fingerprint density at radius 2 is 1.74 bits per heavy atom. The number of aromatic nitrogens is 4. The fourth-order valence-corrected chi connectivity index (χ4v) is 6.17. The predicted octanol–water partition coefficient (Wildman–Crippen LogP) is -2.75. The lowest BCUT2D eigenvalue weighted by atomic mass is 9.99. The molecule has 2 bridgehead atoms. The number of nitrogens with one attached hydrogen (secondary N) is 1. The van der Waals surface area contributed by atoms with Crippen molar-refractivity contribution in [1.82, 2.24) is 18.7 Å². The van der Waals surface area contributed by atoms with Crippen molar-refractivity contribution in [2.24, 2.45) is 14.1 Å². The van der Waals surface area contributed by atoms with E-state index in [2.05, 4.69) is 4.98 Å². The summed E-state index contributed by atoms with van der Waals surface area (Å²) in [4.78, 5) is 55.3. The number of quaternary nitrogens is 1. The Balaban J connectivity index is 0.00000353. The summed E-state index contributed by atoms with van der Waals surface area (Å²) < 4.78 is 15.5. The van der Waals surface area contributed by atoms with Crippen molar-refractivity contribution in [1.29, 1.82) is 0 Å². The molecule has 210 valence electrons. The summed E-state index contributed by atoms with van der Waals surface area (Å²) in [7, 11) is 3.10. The Morgan fingerprint density at radius 3 is 2.38 bits per heavy atom. The van der Waals surface area contributed by atoms with E-state index in [4.69, 9.17) is 9.47 Å². The minimum Gasteiger partial charge on any atom is -1.00 e. The van der Waals surface area contributed by atoms with E-state index in [1.165, 1.54) is 23.4 Å². The number of aryl methyl sites for hydroxylation is 2. The number of carbonyl (C=O) groups excluding carboxylic acids is 2. The van der Waals surface area contributed by atoms with Crippen LogP contribution >= 0.6 is 0 Å². The zero-order valence-electron chi connectivity index (χ0n) is 22.3. The molecule has 1 aromatic carbocycles. The molecule has 2 saturated heterocycles. The highest BCUT2D eigenvalue weighted by molar-refractivity contribution is 5.80. The van der Waals surface area contributed by atoms with Crippen molar-refractivity contribution in [3.8, 4) is 0 Å². The van der Waals surface area contributed by atoms with Crippen LogP contribution in [0.1, 0.15) is 50.7 Å². The second-order valence-electron chi connectivity index (χ2n) is 10.4. The van der Waals surface area contributed by atoms with Crippen LogP contribution in [0.2, 0.25) is 0 Å². The van der Waals surface area contributed by atoms with E-state index >= 15 is 0 Å². The number of hydrogen-bond acceptors (Lipinski definition) is 7. The molecule has 0 spiro atoms. The third-order valence-corrected chi connectivity index (χ3v) is 7.97. The van der Waals surface area contributed by atoms with Crippen molar-refractivity contribution in [2.75, 3.05) is 6.54 Å². The zero-order chi connectivity index (χ0) is 27.0. The summed E-state index contributed by atoms with van der Waals surface area (Å²) in [5, 5.41) is 0. The molecule has 12 heteroatoms. The van der Waals surface area contributed by atoms with Gasteiger partial charge in [-0.1, -0.05) is 30.3 Å². The Bertz CT molecular complexity index is 1450. The Morgan fingerprint density at radius 1 is 1.08 bits per heavy atom. The first-order chi connectivity index (χ1) is 18.2. The number of carbonyl (C=O) groups is 2. The van der Waals surface area contributed by atoms with Gasteiger partial charge in [0.15, 0.2) is 11.2 Å². The van der Waals surface area contributed by atoms with Crippen LogP contribution in [0.5, 0.6) is 0 Å². The van der Waals surface area contributed by atoms with Gasteiger partial charge in [-0.05, 0) is 0 Å². The summed E-state index contributed by atoms with van der Waals surface area (Å²) in [6.07, 6.45) is 4.93. The lowest BCUT2D eigenvalue weighted by molar-refractivity contribution is -0.942. The lowest BCUT2D eigenvalue weighted by Crippen LogP contribution is -3.18. The Hall–Kier alpha value is -3.44. The minimum atomic E-state index is -1.06. The summed E-state index contributed by atoms with van der Waals surface area (Å²) in [6.45, 7) is 2.85. The average Bonchev–Trinajstić information content (AvgIpc) is 3.43. The largest absolute Gasteiger partial charge is 1.00 e. The van der Waals surface area contributed by atoms with Crippen LogP contribution < -0.4 is 28.6 Å². The molecular weight excluding hydrogens is 526 g/mol. The number of esters is 2. The van der Waals surface area contributed by atoms with Gasteiger partial charge in [0.25, 0.3) is 5.56 Å². The first-order valence-corrected chi connectivity index (χ1v) is 13.1. The van der Waals surface area contributed by atoms with E-state index in [9.17, 15) is 19.2 Å². The fourth-order valence-electron chi connectivity index (χ4n) is 6.17. The first kappa shape index (κ1) is 28.6. The van der Waals surface area contributed by atoms with Crippen LogP contribution in [0.15, 0.2) is 46.2 Å². The SMILES string of the molecule is CC(=O)OC(C(=O)OC1CC2CCC(C1)[NH+]2CCCn1cnc2c1c(=O)n(C)c(=O)n2C)c1ccccc1.[Cl-]. The molecule has 11 nitrogen and oxygen atoms in total. The summed E-state index contributed by atoms with van der Waals surface area (Å²) in [5.74, 6) is -1.05. The number of hydrogen-bond donors (Lipinski definition) is 1. The molecule has 3 unspecified atom stereocenters. The third-order valence-electron chi connectivity index (χ3n) is 7.97. The van der Waals surface area contributed by atoms with Crippen LogP contribution in [0, 0.1) is 0 Å². The number of benzene rings is 1. The van der Waals surface area contributed by atoms with Crippen LogP contribution in [0.4, 0.5) is 0 Å². The minimum absolute atomic E-state index is 0. The van der Waals surface area contributed by atoms with Crippen molar-refractivity contribution >= 4 is 23.1 Å². The van der Waals surface area contributed by atoms with Gasteiger partial charge in [0.05, 0.1) is 25.0 Å². The van der Waals surface area contributed by atoms with Gasteiger partial charge in [-0.15, -0.1) is 0 Å². The number of halogens is 1. The van der Waals surface area contributed by atoms with E-state index in [0.29, 0.717) is 35.4 Å². The topological polar surface area (TPSA) is 119 Å². The standard InChI is InChI=1S/C27H33N5O6.ClH/c1-17(33)37-23(18-8-5-4-6-9-18)26(35)38-21-14-19-10-11-20(15-21)32(19)13-7-12-31-16-28-24-22(31)25(34)30(3)27(36)29(24)2;/h4-6,8-9,16,19-21,23H,7,10-15H2,1-3H3;1H. The molecule has 2 aliphatic rings. The lowest BCUT2D eigenvalue weighted by Gasteiger charge is -2.36. The zero-order valence-corrected chi connectivity index (χ0v) is 23.1. The van der Waals surface area contributed by atoms with E-state index in [-0.39, 0.29) is 29.8 Å². The molecule has 5 rings (SSSR count). The highest BCUT2D eigenvalue weighted by Crippen LogP contribution is 2.28. The molecule has 4 heterocycles. The molecule has 2 aliphatic heterocycles. The second kappa shape index (κ2) is 11.7. The molecular formula is C27H34ClN5O6. The maximum absolute atomic E-state index is 13.0. The Kier molecular flexibility index (Phi) is 8.60. The molecule has 0 aliphatic carbocycles. The van der Waals surface area contributed by atoms with E-state index < -0.39 is 18.0 Å². The number of fused-ring (bicyclic) bond motifs is 3. The van der Waals surface area contributed by atoms with Gasteiger partial charge < -0.3 is 31.3 Å². The van der Waals surface area contributed by atoms with Crippen LogP contribution in [-0.4, -0.2) is 55.4 Å². The molecule has 0 saturated carbocycles. The number of nitrogens with zero attached hydrogens (tertiary/aromatic N) is 4. The second-order valence-corrected chi connectivity index (χ2v) is 10.4. The predicted molar refractivity (Wildman–Crippen MR) is 138 cm³/mol. The molecule has 2 aromatic heterocycles. The van der Waals surface area contributed by atoms with Gasteiger partial charge in [-0.25, -0.2) is 14.6 Å². The molecule has 39 heavy (non-hydrogen) atoms. The summed E-state index contributed by atoms with van der Waals surface area (Å²) in [6, 6.07) is 9.73. The third kappa shape index (κ3) is 5.65. The van der Waals surface area contributed by atoms with Gasteiger partial charge >= 0.3 is 17.6 Å². The summed E-state index contributed by atoms with van der Waals surface area (Å²) in [5.41, 5.74) is 0.716. The van der Waals surface area contributed by atoms with Crippen molar-refractivity contribution in [3.63, 3.8) is 0 Å². The Labute approximate surface area is 231 Å².